The first-order valence-corrected chi connectivity index (χ1v) is 8.29. The van der Waals surface area contributed by atoms with Crippen LogP contribution in [0.2, 0.25) is 0 Å². The van der Waals surface area contributed by atoms with E-state index in [1.54, 1.807) is 6.26 Å². The Hall–Kier alpha value is 0.110. The maximum absolute atomic E-state index is 11.0. The molecule has 0 radical (unpaired) electrons. The van der Waals surface area contributed by atoms with Gasteiger partial charge < -0.3 is 5.32 Å². The highest BCUT2D eigenvalue weighted by molar-refractivity contribution is 7.84. The minimum atomic E-state index is -0.648. The molecule has 0 bridgehead atoms. The zero-order valence-electron chi connectivity index (χ0n) is 11.2. The van der Waals surface area contributed by atoms with Crippen LogP contribution >= 0.6 is 0 Å². The van der Waals surface area contributed by atoms with Gasteiger partial charge in [-0.2, -0.15) is 0 Å². The summed E-state index contributed by atoms with van der Waals surface area (Å²) in [4.78, 5) is 0. The summed E-state index contributed by atoms with van der Waals surface area (Å²) in [5.41, 5.74) is 0. The van der Waals surface area contributed by atoms with E-state index in [1.807, 2.05) is 0 Å². The summed E-state index contributed by atoms with van der Waals surface area (Å²) >= 11 is 0. The first kappa shape index (κ1) is 14.2. The third-order valence-electron chi connectivity index (χ3n) is 4.04. The van der Waals surface area contributed by atoms with E-state index in [0.717, 1.165) is 24.0 Å². The van der Waals surface area contributed by atoms with Crippen molar-refractivity contribution in [3.63, 3.8) is 0 Å². The standard InChI is InChI=1S/C13H27NOS/c1-10-6-5-7-13(12(10)3)14-11(2)8-9-16(4)15/h10-14H,5-9H2,1-4H3. The Morgan fingerprint density at radius 2 is 2.06 bits per heavy atom. The second kappa shape index (κ2) is 6.75. The lowest BCUT2D eigenvalue weighted by atomic mass is 9.78. The molecule has 0 aromatic rings. The third kappa shape index (κ3) is 4.54. The van der Waals surface area contributed by atoms with E-state index >= 15 is 0 Å². The predicted octanol–water partition coefficient (Wildman–Crippen LogP) is 2.56. The van der Waals surface area contributed by atoms with Crippen LogP contribution in [0, 0.1) is 11.8 Å². The molecule has 5 unspecified atom stereocenters. The molecule has 1 aliphatic rings. The lowest BCUT2D eigenvalue weighted by molar-refractivity contribution is 0.195. The topological polar surface area (TPSA) is 29.1 Å². The van der Waals surface area contributed by atoms with E-state index in [1.165, 1.54) is 19.3 Å². The minimum absolute atomic E-state index is 0.502. The van der Waals surface area contributed by atoms with Crippen LogP contribution in [0.5, 0.6) is 0 Å². The SMILES string of the molecule is CC(CCS(C)=O)NC1CCCC(C)C1C. The van der Waals surface area contributed by atoms with E-state index < -0.39 is 10.8 Å². The van der Waals surface area contributed by atoms with Crippen molar-refractivity contribution >= 4 is 10.8 Å². The summed E-state index contributed by atoms with van der Waals surface area (Å²) in [7, 11) is -0.648. The highest BCUT2D eigenvalue weighted by Gasteiger charge is 2.27. The van der Waals surface area contributed by atoms with Gasteiger partial charge in [-0.25, -0.2) is 0 Å². The Labute approximate surface area is 103 Å². The van der Waals surface area contributed by atoms with E-state index in [9.17, 15) is 4.21 Å². The molecule has 0 aromatic carbocycles. The zero-order chi connectivity index (χ0) is 12.1. The van der Waals surface area contributed by atoms with Gasteiger partial charge in [0.05, 0.1) is 0 Å². The molecule has 1 aliphatic carbocycles. The van der Waals surface area contributed by atoms with Gasteiger partial charge >= 0.3 is 0 Å². The Balaban J connectivity index is 2.31. The van der Waals surface area contributed by atoms with E-state index in [2.05, 4.69) is 26.1 Å². The van der Waals surface area contributed by atoms with Crippen LogP contribution in [0.15, 0.2) is 0 Å². The van der Waals surface area contributed by atoms with Crippen LogP contribution in [-0.2, 0) is 10.8 Å². The molecule has 0 heterocycles. The van der Waals surface area contributed by atoms with Crippen molar-refractivity contribution in [3.8, 4) is 0 Å². The van der Waals surface area contributed by atoms with Crippen LogP contribution in [0.25, 0.3) is 0 Å². The van der Waals surface area contributed by atoms with Crippen molar-refractivity contribution < 1.29 is 4.21 Å². The molecule has 1 fully saturated rings. The van der Waals surface area contributed by atoms with E-state index in [-0.39, 0.29) is 0 Å². The summed E-state index contributed by atoms with van der Waals surface area (Å²) in [5.74, 6) is 2.45. The largest absolute Gasteiger partial charge is 0.311 e. The fourth-order valence-corrected chi connectivity index (χ4v) is 3.29. The van der Waals surface area contributed by atoms with Gasteiger partial charge in [0.25, 0.3) is 0 Å². The van der Waals surface area contributed by atoms with Gasteiger partial charge in [-0.15, -0.1) is 0 Å². The molecule has 0 aliphatic heterocycles. The lowest BCUT2D eigenvalue weighted by Gasteiger charge is -2.36. The van der Waals surface area contributed by atoms with E-state index in [4.69, 9.17) is 0 Å². The Morgan fingerprint density at radius 1 is 1.38 bits per heavy atom. The molecule has 0 aromatic heterocycles. The van der Waals surface area contributed by atoms with Gasteiger partial charge in [0.2, 0.25) is 0 Å². The summed E-state index contributed by atoms with van der Waals surface area (Å²) in [6.45, 7) is 6.95. The maximum atomic E-state index is 11.0. The first-order chi connectivity index (χ1) is 7.50. The summed E-state index contributed by atoms with van der Waals surface area (Å²) < 4.78 is 11.0. The fourth-order valence-electron chi connectivity index (χ4n) is 2.61. The molecule has 1 rings (SSSR count). The molecular weight excluding hydrogens is 218 g/mol. The van der Waals surface area contributed by atoms with Gasteiger partial charge in [-0.3, -0.25) is 4.21 Å². The van der Waals surface area contributed by atoms with Crippen LogP contribution < -0.4 is 5.32 Å². The van der Waals surface area contributed by atoms with E-state index in [0.29, 0.717) is 12.1 Å². The normalized spacial score (nSPS) is 34.6. The molecule has 1 saturated carbocycles. The van der Waals surface area contributed by atoms with Crippen LogP contribution in [0.1, 0.15) is 46.5 Å². The lowest BCUT2D eigenvalue weighted by Crippen LogP contribution is -2.45. The minimum Gasteiger partial charge on any atom is -0.311 e. The Kier molecular flexibility index (Phi) is 5.98. The van der Waals surface area contributed by atoms with Crippen LogP contribution in [0.3, 0.4) is 0 Å². The molecule has 0 saturated heterocycles. The summed E-state index contributed by atoms with van der Waals surface area (Å²) in [5, 5.41) is 3.72. The van der Waals surface area contributed by atoms with Crippen molar-refractivity contribution in [2.45, 2.75) is 58.5 Å². The van der Waals surface area contributed by atoms with Crippen molar-refractivity contribution in [2.24, 2.45) is 11.8 Å². The molecule has 0 spiro atoms. The molecule has 96 valence electrons. The second-order valence-corrected chi connectivity index (χ2v) is 7.06. The highest BCUT2D eigenvalue weighted by atomic mass is 32.2. The molecule has 1 N–H and O–H groups in total. The van der Waals surface area contributed by atoms with Gasteiger partial charge in [0, 0.05) is 34.9 Å². The zero-order valence-corrected chi connectivity index (χ0v) is 12.0. The third-order valence-corrected chi connectivity index (χ3v) is 4.85. The number of hydrogen-bond donors (Lipinski definition) is 1. The van der Waals surface area contributed by atoms with Gasteiger partial charge in [0.15, 0.2) is 0 Å². The average molecular weight is 245 g/mol. The summed E-state index contributed by atoms with van der Waals surface area (Å²) in [6, 6.07) is 1.17. The van der Waals surface area contributed by atoms with Crippen molar-refractivity contribution in [3.05, 3.63) is 0 Å². The first-order valence-electron chi connectivity index (χ1n) is 6.56. The predicted molar refractivity (Wildman–Crippen MR) is 72.1 cm³/mol. The highest BCUT2D eigenvalue weighted by Crippen LogP contribution is 2.29. The summed E-state index contributed by atoms with van der Waals surface area (Å²) in [6.07, 6.45) is 6.87. The number of hydrogen-bond acceptors (Lipinski definition) is 2. The molecule has 5 atom stereocenters. The molecule has 3 heteroatoms. The van der Waals surface area contributed by atoms with Gasteiger partial charge in [0.1, 0.15) is 0 Å². The van der Waals surface area contributed by atoms with Crippen LogP contribution in [-0.4, -0.2) is 28.3 Å². The van der Waals surface area contributed by atoms with Crippen molar-refractivity contribution in [2.75, 3.05) is 12.0 Å². The van der Waals surface area contributed by atoms with Crippen molar-refractivity contribution in [1.82, 2.24) is 5.32 Å². The Morgan fingerprint density at radius 3 is 2.69 bits per heavy atom. The van der Waals surface area contributed by atoms with Gasteiger partial charge in [-0.05, 0) is 31.6 Å². The molecular formula is C13H27NOS. The molecule has 0 amide bonds. The second-order valence-electron chi connectivity index (χ2n) is 5.51. The van der Waals surface area contributed by atoms with Gasteiger partial charge in [-0.1, -0.05) is 26.7 Å². The van der Waals surface area contributed by atoms with Crippen LogP contribution in [0.4, 0.5) is 0 Å². The smallest absolute Gasteiger partial charge is 0.0246 e. The maximum Gasteiger partial charge on any atom is 0.0246 e. The quantitative estimate of drug-likeness (QED) is 0.806. The molecule has 16 heavy (non-hydrogen) atoms. The van der Waals surface area contributed by atoms with Crippen molar-refractivity contribution in [1.29, 1.82) is 0 Å². The fraction of sp³-hybridized carbons (Fsp3) is 1.00. The number of nitrogens with one attached hydrogen (secondary N) is 1. The average Bonchev–Trinajstić information content (AvgIpc) is 2.22. The monoisotopic (exact) mass is 245 g/mol. The molecule has 2 nitrogen and oxygen atoms in total. The Bertz CT molecular complexity index is 232. The number of rotatable bonds is 5.